The lowest BCUT2D eigenvalue weighted by Crippen LogP contribution is -2.05. The smallest absolute Gasteiger partial charge is 0.157 e. The second-order valence-corrected chi connectivity index (χ2v) is 4.53. The third kappa shape index (κ3) is 2.29. The van der Waals surface area contributed by atoms with Gasteiger partial charge in [-0.3, -0.25) is 0 Å². The van der Waals surface area contributed by atoms with Crippen molar-refractivity contribution in [1.82, 2.24) is 9.36 Å². The SMILES string of the molecule is N#Cc1c(N)nsc1NCCc1cscn1. The van der Waals surface area contributed by atoms with E-state index in [0.717, 1.165) is 23.7 Å². The fraction of sp³-hybridized carbons (Fsp3) is 0.222. The number of rotatable bonds is 4. The van der Waals surface area contributed by atoms with Crippen LogP contribution < -0.4 is 11.1 Å². The Bertz CT molecular complexity index is 496. The Labute approximate surface area is 101 Å². The molecule has 0 aliphatic rings. The van der Waals surface area contributed by atoms with E-state index in [-0.39, 0.29) is 0 Å². The maximum Gasteiger partial charge on any atom is 0.157 e. The minimum atomic E-state index is 0.295. The highest BCUT2D eigenvalue weighted by molar-refractivity contribution is 7.10. The quantitative estimate of drug-likeness (QED) is 0.863. The Kier molecular flexibility index (Phi) is 3.34. The summed E-state index contributed by atoms with van der Waals surface area (Å²) in [5.41, 5.74) is 8.83. The van der Waals surface area contributed by atoms with Crippen molar-refractivity contribution in [2.24, 2.45) is 0 Å². The lowest BCUT2D eigenvalue weighted by atomic mass is 10.3. The topological polar surface area (TPSA) is 87.6 Å². The van der Waals surface area contributed by atoms with Gasteiger partial charge in [-0.05, 0) is 11.5 Å². The molecule has 0 atom stereocenters. The normalized spacial score (nSPS) is 9.94. The molecule has 0 bridgehead atoms. The average Bonchev–Trinajstić information content (AvgIpc) is 2.89. The Balaban J connectivity index is 1.93. The van der Waals surface area contributed by atoms with Crippen molar-refractivity contribution in [3.05, 3.63) is 22.1 Å². The maximum atomic E-state index is 8.86. The second kappa shape index (κ2) is 4.92. The van der Waals surface area contributed by atoms with Crippen LogP contribution in [0, 0.1) is 11.3 Å². The maximum absolute atomic E-state index is 8.86. The van der Waals surface area contributed by atoms with Crippen LogP contribution in [0.2, 0.25) is 0 Å². The number of hydrogen-bond donors (Lipinski definition) is 2. The molecule has 0 saturated heterocycles. The number of nitrogens with two attached hydrogens (primary N) is 1. The van der Waals surface area contributed by atoms with Gasteiger partial charge in [0.15, 0.2) is 5.82 Å². The molecule has 0 spiro atoms. The molecule has 0 radical (unpaired) electrons. The number of hydrogen-bond acceptors (Lipinski definition) is 7. The molecule has 0 saturated carbocycles. The van der Waals surface area contributed by atoms with Crippen LogP contribution in [0.5, 0.6) is 0 Å². The van der Waals surface area contributed by atoms with Gasteiger partial charge in [-0.2, -0.15) is 9.64 Å². The molecule has 0 fully saturated rings. The number of nitrogens with one attached hydrogen (secondary N) is 1. The van der Waals surface area contributed by atoms with Crippen LogP contribution in [0.1, 0.15) is 11.3 Å². The van der Waals surface area contributed by atoms with E-state index in [0.29, 0.717) is 11.4 Å². The van der Waals surface area contributed by atoms with Crippen LogP contribution in [0.3, 0.4) is 0 Å². The van der Waals surface area contributed by atoms with Crippen molar-refractivity contribution in [1.29, 1.82) is 5.26 Å². The highest BCUT2D eigenvalue weighted by atomic mass is 32.1. The zero-order chi connectivity index (χ0) is 11.4. The fourth-order valence-electron chi connectivity index (χ4n) is 1.20. The van der Waals surface area contributed by atoms with E-state index >= 15 is 0 Å². The van der Waals surface area contributed by atoms with Crippen LogP contribution >= 0.6 is 22.9 Å². The summed E-state index contributed by atoms with van der Waals surface area (Å²) in [5, 5.41) is 14.7. The lowest BCUT2D eigenvalue weighted by Gasteiger charge is -2.01. The van der Waals surface area contributed by atoms with Gasteiger partial charge >= 0.3 is 0 Å². The van der Waals surface area contributed by atoms with Gasteiger partial charge in [0.05, 0.1) is 11.2 Å². The van der Waals surface area contributed by atoms with Crippen LogP contribution in [-0.2, 0) is 6.42 Å². The van der Waals surface area contributed by atoms with E-state index in [1.165, 1.54) is 11.5 Å². The number of aromatic nitrogens is 2. The molecule has 0 aliphatic heterocycles. The molecule has 3 N–H and O–H groups in total. The monoisotopic (exact) mass is 251 g/mol. The molecule has 2 heterocycles. The molecule has 82 valence electrons. The Morgan fingerprint density at radius 1 is 1.56 bits per heavy atom. The third-order valence-electron chi connectivity index (χ3n) is 1.98. The van der Waals surface area contributed by atoms with Crippen LogP contribution in [0.15, 0.2) is 10.9 Å². The molecule has 7 heteroatoms. The number of nitrogens with zero attached hydrogens (tertiary/aromatic N) is 3. The summed E-state index contributed by atoms with van der Waals surface area (Å²) in [4.78, 5) is 4.17. The van der Waals surface area contributed by atoms with E-state index in [4.69, 9.17) is 11.0 Å². The first-order valence-electron chi connectivity index (χ1n) is 4.57. The molecule has 2 aromatic rings. The fourth-order valence-corrected chi connectivity index (χ4v) is 2.48. The van der Waals surface area contributed by atoms with Gasteiger partial charge in [-0.1, -0.05) is 0 Å². The predicted molar refractivity (Wildman–Crippen MR) is 65.5 cm³/mol. The van der Waals surface area contributed by atoms with Crippen LogP contribution in [0.25, 0.3) is 0 Å². The zero-order valence-electron chi connectivity index (χ0n) is 8.30. The van der Waals surface area contributed by atoms with E-state index < -0.39 is 0 Å². The lowest BCUT2D eigenvalue weighted by molar-refractivity contribution is 0.980. The molecular weight excluding hydrogens is 242 g/mol. The summed E-state index contributed by atoms with van der Waals surface area (Å²) < 4.78 is 3.92. The van der Waals surface area contributed by atoms with Crippen molar-refractivity contribution >= 4 is 33.7 Å². The first-order chi connectivity index (χ1) is 7.81. The third-order valence-corrected chi connectivity index (χ3v) is 3.43. The van der Waals surface area contributed by atoms with Gasteiger partial charge in [-0.15, -0.1) is 11.3 Å². The summed E-state index contributed by atoms with van der Waals surface area (Å²) in [7, 11) is 0. The van der Waals surface area contributed by atoms with Gasteiger partial charge in [0, 0.05) is 18.3 Å². The molecule has 0 amide bonds. The highest BCUT2D eigenvalue weighted by Gasteiger charge is 2.09. The number of anilines is 2. The van der Waals surface area contributed by atoms with Crippen LogP contribution in [0.4, 0.5) is 10.8 Å². The molecule has 16 heavy (non-hydrogen) atoms. The molecule has 2 aromatic heterocycles. The number of nitrogen functional groups attached to an aromatic ring is 1. The van der Waals surface area contributed by atoms with E-state index in [1.807, 2.05) is 11.4 Å². The van der Waals surface area contributed by atoms with Gasteiger partial charge in [0.2, 0.25) is 0 Å². The Hall–Kier alpha value is -1.65. The van der Waals surface area contributed by atoms with Gasteiger partial charge in [0.1, 0.15) is 16.6 Å². The number of thiazole rings is 1. The van der Waals surface area contributed by atoms with Gasteiger partial charge < -0.3 is 11.1 Å². The summed E-state index contributed by atoms with van der Waals surface area (Å²) in [6.07, 6.45) is 0.826. The minimum Gasteiger partial charge on any atom is -0.382 e. The highest BCUT2D eigenvalue weighted by Crippen LogP contribution is 2.25. The summed E-state index contributed by atoms with van der Waals surface area (Å²) in [5.74, 6) is 0.295. The molecule has 0 aromatic carbocycles. The summed E-state index contributed by atoms with van der Waals surface area (Å²) >= 11 is 2.79. The van der Waals surface area contributed by atoms with Crippen molar-refractivity contribution in [3.63, 3.8) is 0 Å². The van der Waals surface area contributed by atoms with E-state index in [2.05, 4.69) is 14.7 Å². The van der Waals surface area contributed by atoms with Gasteiger partial charge in [0.25, 0.3) is 0 Å². The molecule has 5 nitrogen and oxygen atoms in total. The minimum absolute atomic E-state index is 0.295. The number of nitriles is 1. The van der Waals surface area contributed by atoms with E-state index in [9.17, 15) is 0 Å². The molecule has 0 aliphatic carbocycles. The zero-order valence-corrected chi connectivity index (χ0v) is 9.94. The summed E-state index contributed by atoms with van der Waals surface area (Å²) in [6.45, 7) is 0.722. The average molecular weight is 251 g/mol. The van der Waals surface area contributed by atoms with Crippen molar-refractivity contribution in [2.75, 3.05) is 17.6 Å². The van der Waals surface area contributed by atoms with Crippen molar-refractivity contribution in [2.45, 2.75) is 6.42 Å². The molecule has 0 unspecified atom stereocenters. The predicted octanol–water partition coefficient (Wildman–Crippen LogP) is 1.71. The largest absolute Gasteiger partial charge is 0.382 e. The van der Waals surface area contributed by atoms with E-state index in [1.54, 1.807) is 16.8 Å². The summed E-state index contributed by atoms with van der Waals surface area (Å²) in [6, 6.07) is 2.03. The van der Waals surface area contributed by atoms with Crippen molar-refractivity contribution < 1.29 is 0 Å². The molecule has 2 rings (SSSR count). The first kappa shape index (κ1) is 10.9. The Morgan fingerprint density at radius 2 is 2.44 bits per heavy atom. The Morgan fingerprint density at radius 3 is 3.12 bits per heavy atom. The first-order valence-corrected chi connectivity index (χ1v) is 6.29. The molecular formula is C9H9N5S2. The van der Waals surface area contributed by atoms with Crippen molar-refractivity contribution in [3.8, 4) is 6.07 Å². The standard InChI is InChI=1S/C9H9N5S2/c10-3-7-8(11)14-16-9(7)12-2-1-6-4-15-5-13-6/h4-5,12H,1-2H2,(H2,11,14). The second-order valence-electron chi connectivity index (χ2n) is 3.04. The van der Waals surface area contributed by atoms with Crippen LogP contribution in [-0.4, -0.2) is 15.9 Å². The van der Waals surface area contributed by atoms with Gasteiger partial charge in [-0.25, -0.2) is 4.98 Å².